The highest BCUT2D eigenvalue weighted by atomic mass is 35.5. The Morgan fingerprint density at radius 3 is 2.92 bits per heavy atom. The monoisotopic (exact) mass is 343 g/mol. The van der Waals surface area contributed by atoms with Gasteiger partial charge < -0.3 is 9.88 Å². The predicted octanol–water partition coefficient (Wildman–Crippen LogP) is 4.16. The number of fused-ring (bicyclic) bond motifs is 1. The fourth-order valence-corrected chi connectivity index (χ4v) is 3.15. The lowest BCUT2D eigenvalue weighted by atomic mass is 10.2. The Morgan fingerprint density at radius 1 is 1.38 bits per heavy atom. The third kappa shape index (κ3) is 2.76. The van der Waals surface area contributed by atoms with Crippen LogP contribution in [0.15, 0.2) is 42.7 Å². The van der Waals surface area contributed by atoms with Crippen LogP contribution in [0.1, 0.15) is 28.9 Å². The average molecular weight is 344 g/mol. The standard InChI is InChI=1S/C18H15ClFN3O/c19-16-14-8-12(20)3-6-15(14)22-17(16)18(24)23(13-4-5-13)10-11-2-1-7-21-9-11/h1-3,6-9,13,22H,4-5,10H2. The Hall–Kier alpha value is -2.40. The zero-order chi connectivity index (χ0) is 16.7. The number of nitrogens with one attached hydrogen (secondary N) is 1. The van der Waals surface area contributed by atoms with Gasteiger partial charge in [-0.1, -0.05) is 17.7 Å². The van der Waals surface area contributed by atoms with E-state index in [-0.39, 0.29) is 22.8 Å². The summed E-state index contributed by atoms with van der Waals surface area (Å²) in [6.07, 6.45) is 5.43. The highest BCUT2D eigenvalue weighted by Crippen LogP contribution is 2.33. The lowest BCUT2D eigenvalue weighted by Crippen LogP contribution is -2.33. The van der Waals surface area contributed by atoms with Crippen molar-refractivity contribution in [3.63, 3.8) is 0 Å². The number of hydrogen-bond acceptors (Lipinski definition) is 2. The van der Waals surface area contributed by atoms with Gasteiger partial charge in [0.1, 0.15) is 11.5 Å². The normalized spacial score (nSPS) is 14.1. The first-order valence-electron chi connectivity index (χ1n) is 7.80. The van der Waals surface area contributed by atoms with Crippen molar-refractivity contribution < 1.29 is 9.18 Å². The number of aromatic amines is 1. The maximum Gasteiger partial charge on any atom is 0.272 e. The van der Waals surface area contributed by atoms with E-state index in [2.05, 4.69) is 9.97 Å². The van der Waals surface area contributed by atoms with E-state index in [1.54, 1.807) is 18.5 Å². The number of halogens is 2. The van der Waals surface area contributed by atoms with Crippen LogP contribution in [0.25, 0.3) is 10.9 Å². The second kappa shape index (κ2) is 5.91. The highest BCUT2D eigenvalue weighted by molar-refractivity contribution is 6.38. The molecule has 0 spiro atoms. The van der Waals surface area contributed by atoms with E-state index in [1.165, 1.54) is 12.1 Å². The van der Waals surface area contributed by atoms with Gasteiger partial charge in [-0.15, -0.1) is 0 Å². The van der Waals surface area contributed by atoms with Crippen molar-refractivity contribution in [2.24, 2.45) is 0 Å². The highest BCUT2D eigenvalue weighted by Gasteiger charge is 2.34. The smallest absolute Gasteiger partial charge is 0.272 e. The van der Waals surface area contributed by atoms with E-state index in [0.717, 1.165) is 18.4 Å². The van der Waals surface area contributed by atoms with Gasteiger partial charge in [0.15, 0.2) is 0 Å². The summed E-state index contributed by atoms with van der Waals surface area (Å²) in [5, 5.41) is 0.795. The Morgan fingerprint density at radius 2 is 2.21 bits per heavy atom. The van der Waals surface area contributed by atoms with Crippen LogP contribution < -0.4 is 0 Å². The molecule has 1 saturated carbocycles. The summed E-state index contributed by atoms with van der Waals surface area (Å²) in [6, 6.07) is 8.29. The van der Waals surface area contributed by atoms with E-state index in [4.69, 9.17) is 11.6 Å². The maximum absolute atomic E-state index is 13.4. The maximum atomic E-state index is 13.4. The molecular formula is C18H15ClFN3O. The van der Waals surface area contributed by atoms with Crippen LogP contribution in [0.5, 0.6) is 0 Å². The van der Waals surface area contributed by atoms with E-state index >= 15 is 0 Å². The molecule has 1 N–H and O–H groups in total. The molecule has 0 radical (unpaired) electrons. The average Bonchev–Trinajstić information content (AvgIpc) is 3.38. The van der Waals surface area contributed by atoms with Crippen LogP contribution in [0.2, 0.25) is 5.02 Å². The van der Waals surface area contributed by atoms with E-state index in [0.29, 0.717) is 23.1 Å². The van der Waals surface area contributed by atoms with Crippen molar-refractivity contribution in [1.82, 2.24) is 14.9 Å². The Labute approximate surface area is 143 Å². The zero-order valence-corrected chi connectivity index (χ0v) is 13.6. The minimum absolute atomic E-state index is 0.164. The molecule has 1 aromatic carbocycles. The molecule has 4 nitrogen and oxygen atoms in total. The summed E-state index contributed by atoms with van der Waals surface area (Å²) < 4.78 is 13.4. The van der Waals surface area contributed by atoms with Crippen LogP contribution in [0.4, 0.5) is 4.39 Å². The molecule has 1 fully saturated rings. The van der Waals surface area contributed by atoms with E-state index in [9.17, 15) is 9.18 Å². The Balaban J connectivity index is 1.69. The molecule has 1 amide bonds. The SMILES string of the molecule is O=C(c1[nH]c2ccc(F)cc2c1Cl)N(Cc1cccnc1)C1CC1. The molecule has 3 aromatic rings. The number of rotatable bonds is 4. The van der Waals surface area contributed by atoms with Gasteiger partial charge in [0.05, 0.1) is 5.02 Å². The van der Waals surface area contributed by atoms with E-state index < -0.39 is 0 Å². The van der Waals surface area contributed by atoms with Gasteiger partial charge in [-0.2, -0.15) is 0 Å². The van der Waals surface area contributed by atoms with E-state index in [1.807, 2.05) is 17.0 Å². The van der Waals surface area contributed by atoms with Gasteiger partial charge in [0, 0.05) is 35.9 Å². The molecule has 0 saturated heterocycles. The minimum atomic E-state index is -0.378. The van der Waals surface area contributed by atoms with Crippen molar-refractivity contribution in [2.75, 3.05) is 0 Å². The number of nitrogens with zero attached hydrogens (tertiary/aromatic N) is 2. The van der Waals surface area contributed by atoms with Gasteiger partial charge in [-0.05, 0) is 42.7 Å². The summed E-state index contributed by atoms with van der Waals surface area (Å²) in [5.41, 5.74) is 1.94. The minimum Gasteiger partial charge on any atom is -0.349 e. The first-order chi connectivity index (χ1) is 11.6. The molecule has 4 rings (SSSR count). The number of benzene rings is 1. The van der Waals surface area contributed by atoms with Crippen LogP contribution in [0.3, 0.4) is 0 Å². The first kappa shape index (κ1) is 15.1. The van der Waals surface area contributed by atoms with Crippen LogP contribution in [0, 0.1) is 5.82 Å². The molecule has 0 unspecified atom stereocenters. The summed E-state index contributed by atoms with van der Waals surface area (Å²) >= 11 is 6.34. The predicted molar refractivity (Wildman–Crippen MR) is 90.4 cm³/mol. The quantitative estimate of drug-likeness (QED) is 0.773. The molecule has 2 heterocycles. The van der Waals surface area contributed by atoms with Crippen molar-refractivity contribution in [3.05, 3.63) is 64.8 Å². The molecule has 0 aliphatic heterocycles. The van der Waals surface area contributed by atoms with Gasteiger partial charge in [0.25, 0.3) is 5.91 Å². The number of aromatic nitrogens is 2. The number of H-pyrrole nitrogens is 1. The topological polar surface area (TPSA) is 49.0 Å². The second-order valence-electron chi connectivity index (χ2n) is 6.03. The number of carbonyl (C=O) groups is 1. The third-order valence-electron chi connectivity index (χ3n) is 4.24. The van der Waals surface area contributed by atoms with Gasteiger partial charge in [-0.3, -0.25) is 9.78 Å². The van der Waals surface area contributed by atoms with Gasteiger partial charge >= 0.3 is 0 Å². The Bertz CT molecular complexity index is 905. The summed E-state index contributed by atoms with van der Waals surface area (Å²) in [4.78, 5) is 21.9. The lowest BCUT2D eigenvalue weighted by Gasteiger charge is -2.22. The first-order valence-corrected chi connectivity index (χ1v) is 8.18. The number of pyridine rings is 1. The fraction of sp³-hybridized carbons (Fsp3) is 0.222. The lowest BCUT2D eigenvalue weighted by molar-refractivity contribution is 0.0725. The van der Waals surface area contributed by atoms with Crippen molar-refractivity contribution >= 4 is 28.4 Å². The summed E-state index contributed by atoms with van der Waals surface area (Å²) in [5.74, 6) is -0.542. The van der Waals surface area contributed by atoms with Crippen molar-refractivity contribution in [1.29, 1.82) is 0 Å². The molecular weight excluding hydrogens is 329 g/mol. The second-order valence-corrected chi connectivity index (χ2v) is 6.41. The summed E-state index contributed by atoms with van der Waals surface area (Å²) in [6.45, 7) is 0.484. The number of amides is 1. The number of hydrogen-bond donors (Lipinski definition) is 1. The molecule has 1 aliphatic carbocycles. The molecule has 0 bridgehead atoms. The van der Waals surface area contributed by atoms with Crippen molar-refractivity contribution in [2.45, 2.75) is 25.4 Å². The molecule has 122 valence electrons. The molecule has 6 heteroatoms. The van der Waals surface area contributed by atoms with Gasteiger partial charge in [-0.25, -0.2) is 4.39 Å². The zero-order valence-electron chi connectivity index (χ0n) is 12.8. The third-order valence-corrected chi connectivity index (χ3v) is 4.63. The van der Waals surface area contributed by atoms with Crippen LogP contribution >= 0.6 is 11.6 Å². The molecule has 0 atom stereocenters. The largest absolute Gasteiger partial charge is 0.349 e. The molecule has 2 aromatic heterocycles. The van der Waals surface area contributed by atoms with Crippen LogP contribution in [-0.2, 0) is 6.54 Å². The Kier molecular flexibility index (Phi) is 3.73. The van der Waals surface area contributed by atoms with Crippen molar-refractivity contribution in [3.8, 4) is 0 Å². The molecule has 24 heavy (non-hydrogen) atoms. The molecule has 1 aliphatic rings. The van der Waals surface area contributed by atoms with Gasteiger partial charge in [0.2, 0.25) is 0 Å². The fourth-order valence-electron chi connectivity index (χ4n) is 2.86. The van der Waals surface area contributed by atoms with Crippen LogP contribution in [-0.4, -0.2) is 26.8 Å². The number of carbonyl (C=O) groups excluding carboxylic acids is 1. The summed E-state index contributed by atoms with van der Waals surface area (Å²) in [7, 11) is 0.